The lowest BCUT2D eigenvalue weighted by molar-refractivity contribution is 0.284. The van der Waals surface area contributed by atoms with Crippen molar-refractivity contribution in [2.75, 3.05) is 24.5 Å². The molecule has 1 atom stereocenters. The van der Waals surface area contributed by atoms with Gasteiger partial charge in [0.05, 0.1) is 5.69 Å². The SMILES string of the molecule is CC1(C2CC2)CN(c2ccc(Br)cc2F)CCN1. The first kappa shape index (κ1) is 12.4. The second kappa shape index (κ2) is 4.49. The standard InChI is InChI=1S/C14H18BrFN2/c1-14(10-2-3-10)9-18(7-6-17-14)13-5-4-11(15)8-12(13)16/h4-5,8,10,17H,2-3,6-7,9H2,1H3. The molecule has 1 aliphatic heterocycles. The lowest BCUT2D eigenvalue weighted by atomic mass is 9.92. The summed E-state index contributed by atoms with van der Waals surface area (Å²) < 4.78 is 14.8. The summed E-state index contributed by atoms with van der Waals surface area (Å²) in [5.41, 5.74) is 0.879. The Morgan fingerprint density at radius 1 is 1.44 bits per heavy atom. The molecule has 2 fully saturated rings. The van der Waals surface area contributed by atoms with Crippen molar-refractivity contribution in [1.29, 1.82) is 0 Å². The van der Waals surface area contributed by atoms with Crippen LogP contribution in [0.4, 0.5) is 10.1 Å². The van der Waals surface area contributed by atoms with Gasteiger partial charge in [-0.25, -0.2) is 4.39 Å². The van der Waals surface area contributed by atoms with E-state index in [2.05, 4.69) is 33.1 Å². The zero-order valence-corrected chi connectivity index (χ0v) is 12.1. The van der Waals surface area contributed by atoms with Gasteiger partial charge in [-0.2, -0.15) is 0 Å². The molecule has 1 aliphatic carbocycles. The van der Waals surface area contributed by atoms with Gasteiger partial charge in [0.15, 0.2) is 0 Å². The third kappa shape index (κ3) is 2.28. The molecule has 1 aromatic rings. The lowest BCUT2D eigenvalue weighted by Gasteiger charge is -2.43. The summed E-state index contributed by atoms with van der Waals surface area (Å²) in [5, 5.41) is 3.61. The molecule has 0 amide bonds. The van der Waals surface area contributed by atoms with E-state index in [1.54, 1.807) is 6.07 Å². The minimum atomic E-state index is -0.135. The Hall–Kier alpha value is -0.610. The van der Waals surface area contributed by atoms with Gasteiger partial charge in [-0.3, -0.25) is 0 Å². The van der Waals surface area contributed by atoms with Crippen LogP contribution in [0, 0.1) is 11.7 Å². The number of rotatable bonds is 2. The highest BCUT2D eigenvalue weighted by atomic mass is 79.9. The predicted molar refractivity (Wildman–Crippen MR) is 75.4 cm³/mol. The fourth-order valence-corrected chi connectivity index (χ4v) is 3.28. The van der Waals surface area contributed by atoms with E-state index < -0.39 is 0 Å². The van der Waals surface area contributed by atoms with E-state index in [1.165, 1.54) is 12.8 Å². The minimum absolute atomic E-state index is 0.135. The molecule has 1 aromatic carbocycles. The molecular formula is C14H18BrFN2. The van der Waals surface area contributed by atoms with Gasteiger partial charge >= 0.3 is 0 Å². The number of anilines is 1. The van der Waals surface area contributed by atoms with Crippen LogP contribution in [0.5, 0.6) is 0 Å². The second-order valence-corrected chi connectivity index (χ2v) is 6.55. The third-order valence-electron chi connectivity index (χ3n) is 4.16. The molecule has 0 radical (unpaired) electrons. The third-order valence-corrected chi connectivity index (χ3v) is 4.65. The maximum Gasteiger partial charge on any atom is 0.147 e. The fourth-order valence-electron chi connectivity index (χ4n) is 2.95. The lowest BCUT2D eigenvalue weighted by Crippen LogP contribution is -2.60. The van der Waals surface area contributed by atoms with Crippen molar-refractivity contribution < 1.29 is 4.39 Å². The van der Waals surface area contributed by atoms with Crippen LogP contribution in [0.25, 0.3) is 0 Å². The average Bonchev–Trinajstić information content (AvgIpc) is 3.12. The first-order chi connectivity index (χ1) is 8.58. The van der Waals surface area contributed by atoms with Crippen LogP contribution in [0.1, 0.15) is 19.8 Å². The molecule has 98 valence electrons. The Morgan fingerprint density at radius 2 is 2.22 bits per heavy atom. The quantitative estimate of drug-likeness (QED) is 0.902. The number of benzene rings is 1. The predicted octanol–water partition coefficient (Wildman–Crippen LogP) is 3.17. The molecule has 18 heavy (non-hydrogen) atoms. The highest BCUT2D eigenvalue weighted by Crippen LogP contribution is 2.41. The van der Waals surface area contributed by atoms with Crippen molar-refractivity contribution in [1.82, 2.24) is 5.32 Å². The highest BCUT2D eigenvalue weighted by Gasteiger charge is 2.44. The van der Waals surface area contributed by atoms with Crippen molar-refractivity contribution in [3.05, 3.63) is 28.5 Å². The molecular weight excluding hydrogens is 295 g/mol. The summed E-state index contributed by atoms with van der Waals surface area (Å²) in [4.78, 5) is 2.18. The van der Waals surface area contributed by atoms with E-state index in [-0.39, 0.29) is 11.4 Å². The maximum atomic E-state index is 14.0. The van der Waals surface area contributed by atoms with Crippen molar-refractivity contribution in [3.63, 3.8) is 0 Å². The maximum absolute atomic E-state index is 14.0. The Bertz CT molecular complexity index is 461. The number of piperazine rings is 1. The van der Waals surface area contributed by atoms with Crippen molar-refractivity contribution >= 4 is 21.6 Å². The van der Waals surface area contributed by atoms with Crippen LogP contribution < -0.4 is 10.2 Å². The first-order valence-corrected chi connectivity index (χ1v) is 7.33. The molecule has 1 heterocycles. The van der Waals surface area contributed by atoms with E-state index in [0.29, 0.717) is 0 Å². The highest BCUT2D eigenvalue weighted by molar-refractivity contribution is 9.10. The van der Waals surface area contributed by atoms with E-state index in [0.717, 1.165) is 35.7 Å². The molecule has 1 saturated heterocycles. The molecule has 0 bridgehead atoms. The van der Waals surface area contributed by atoms with Gasteiger partial charge in [0, 0.05) is 29.6 Å². The summed E-state index contributed by atoms with van der Waals surface area (Å²) >= 11 is 3.31. The van der Waals surface area contributed by atoms with Gasteiger partial charge < -0.3 is 10.2 Å². The van der Waals surface area contributed by atoms with E-state index >= 15 is 0 Å². The Morgan fingerprint density at radius 3 is 2.89 bits per heavy atom. The van der Waals surface area contributed by atoms with E-state index in [1.807, 2.05) is 12.1 Å². The van der Waals surface area contributed by atoms with Crippen LogP contribution in [-0.4, -0.2) is 25.2 Å². The summed E-state index contributed by atoms with van der Waals surface area (Å²) in [6, 6.07) is 5.33. The number of hydrogen-bond acceptors (Lipinski definition) is 2. The average molecular weight is 313 g/mol. The van der Waals surface area contributed by atoms with Gasteiger partial charge in [-0.15, -0.1) is 0 Å². The molecule has 4 heteroatoms. The number of hydrogen-bond donors (Lipinski definition) is 1. The van der Waals surface area contributed by atoms with Crippen LogP contribution in [0.2, 0.25) is 0 Å². The summed E-state index contributed by atoms with van der Waals surface area (Å²) in [7, 11) is 0. The Kier molecular flexibility index (Phi) is 3.10. The van der Waals surface area contributed by atoms with Gasteiger partial charge in [-0.1, -0.05) is 15.9 Å². The molecule has 0 aromatic heterocycles. The van der Waals surface area contributed by atoms with Crippen molar-refractivity contribution in [3.8, 4) is 0 Å². The normalized spacial score (nSPS) is 28.5. The zero-order chi connectivity index (χ0) is 12.8. The zero-order valence-electron chi connectivity index (χ0n) is 10.5. The number of halogens is 2. The summed E-state index contributed by atoms with van der Waals surface area (Å²) in [5.74, 6) is 0.628. The Balaban J connectivity index is 1.83. The van der Waals surface area contributed by atoms with Gasteiger partial charge in [0.1, 0.15) is 5.82 Å². The summed E-state index contributed by atoms with van der Waals surface area (Å²) in [6.07, 6.45) is 2.61. The van der Waals surface area contributed by atoms with Gasteiger partial charge in [0.2, 0.25) is 0 Å². The second-order valence-electron chi connectivity index (χ2n) is 5.64. The monoisotopic (exact) mass is 312 g/mol. The molecule has 0 spiro atoms. The molecule has 1 unspecified atom stereocenters. The molecule has 3 rings (SSSR count). The van der Waals surface area contributed by atoms with Crippen molar-refractivity contribution in [2.45, 2.75) is 25.3 Å². The van der Waals surface area contributed by atoms with Crippen LogP contribution in [0.15, 0.2) is 22.7 Å². The fraction of sp³-hybridized carbons (Fsp3) is 0.571. The van der Waals surface area contributed by atoms with Gasteiger partial charge in [0.25, 0.3) is 0 Å². The molecule has 1 saturated carbocycles. The number of nitrogens with zero attached hydrogens (tertiary/aromatic N) is 1. The molecule has 1 N–H and O–H groups in total. The van der Waals surface area contributed by atoms with E-state index in [4.69, 9.17) is 0 Å². The van der Waals surface area contributed by atoms with Crippen LogP contribution in [-0.2, 0) is 0 Å². The minimum Gasteiger partial charge on any atom is -0.366 e. The summed E-state index contributed by atoms with van der Waals surface area (Å²) in [6.45, 7) is 4.98. The smallest absolute Gasteiger partial charge is 0.147 e. The topological polar surface area (TPSA) is 15.3 Å². The van der Waals surface area contributed by atoms with E-state index in [9.17, 15) is 4.39 Å². The molecule has 2 aliphatic rings. The van der Waals surface area contributed by atoms with Gasteiger partial charge in [-0.05, 0) is 43.9 Å². The largest absolute Gasteiger partial charge is 0.366 e. The first-order valence-electron chi connectivity index (χ1n) is 6.53. The molecule has 2 nitrogen and oxygen atoms in total. The van der Waals surface area contributed by atoms with Crippen LogP contribution >= 0.6 is 15.9 Å². The van der Waals surface area contributed by atoms with Crippen molar-refractivity contribution in [2.24, 2.45) is 5.92 Å². The Labute approximate surface area is 116 Å². The van der Waals surface area contributed by atoms with Crippen LogP contribution in [0.3, 0.4) is 0 Å². The number of nitrogens with one attached hydrogen (secondary N) is 1.